The third kappa shape index (κ3) is 4.87. The van der Waals surface area contributed by atoms with Crippen molar-refractivity contribution in [3.05, 3.63) is 54.3 Å². The van der Waals surface area contributed by atoms with Crippen molar-refractivity contribution in [3.63, 3.8) is 0 Å². The van der Waals surface area contributed by atoms with E-state index in [4.69, 9.17) is 4.74 Å². The maximum Gasteiger partial charge on any atom is 0.229 e. The number of likely N-dealkylation sites (tertiary alicyclic amines) is 1. The van der Waals surface area contributed by atoms with Gasteiger partial charge in [-0.05, 0) is 61.1 Å². The molecular formula is C24H27FN2O3. The van der Waals surface area contributed by atoms with Crippen LogP contribution in [-0.2, 0) is 14.3 Å². The van der Waals surface area contributed by atoms with Gasteiger partial charge in [0.15, 0.2) is 0 Å². The molecule has 2 heterocycles. The SMILES string of the molecule is O=C(Nc1ccc(-c2cccc(F)c2)cc1)C1CCCN(C(=O)C2CCOCC2)C1. The lowest BCUT2D eigenvalue weighted by Crippen LogP contribution is -2.46. The summed E-state index contributed by atoms with van der Waals surface area (Å²) in [5.74, 6) is -0.350. The number of hydrogen-bond donors (Lipinski definition) is 1. The summed E-state index contributed by atoms with van der Waals surface area (Å²) in [5, 5.41) is 2.97. The number of benzene rings is 2. The normalized spacial score (nSPS) is 20.0. The number of rotatable bonds is 4. The second kappa shape index (κ2) is 9.39. The van der Waals surface area contributed by atoms with Gasteiger partial charge in [-0.1, -0.05) is 24.3 Å². The molecule has 0 aliphatic carbocycles. The molecular weight excluding hydrogens is 383 g/mol. The molecule has 4 rings (SSSR count). The van der Waals surface area contributed by atoms with Gasteiger partial charge in [0.1, 0.15) is 5.82 Å². The highest BCUT2D eigenvalue weighted by atomic mass is 19.1. The molecule has 30 heavy (non-hydrogen) atoms. The quantitative estimate of drug-likeness (QED) is 0.826. The molecule has 2 fully saturated rings. The Balaban J connectivity index is 1.35. The van der Waals surface area contributed by atoms with E-state index in [1.54, 1.807) is 6.07 Å². The Morgan fingerprint density at radius 3 is 2.47 bits per heavy atom. The number of anilines is 1. The molecule has 0 radical (unpaired) electrons. The lowest BCUT2D eigenvalue weighted by atomic mass is 9.93. The highest BCUT2D eigenvalue weighted by Crippen LogP contribution is 2.25. The van der Waals surface area contributed by atoms with Crippen LogP contribution < -0.4 is 5.32 Å². The van der Waals surface area contributed by atoms with Crippen LogP contribution in [0.3, 0.4) is 0 Å². The monoisotopic (exact) mass is 410 g/mol. The van der Waals surface area contributed by atoms with Crippen LogP contribution >= 0.6 is 0 Å². The third-order valence-electron chi connectivity index (χ3n) is 5.98. The van der Waals surface area contributed by atoms with Crippen LogP contribution in [0.4, 0.5) is 10.1 Å². The fourth-order valence-corrected chi connectivity index (χ4v) is 4.25. The van der Waals surface area contributed by atoms with Crippen molar-refractivity contribution >= 4 is 17.5 Å². The van der Waals surface area contributed by atoms with E-state index in [1.165, 1.54) is 12.1 Å². The highest BCUT2D eigenvalue weighted by Gasteiger charge is 2.32. The predicted octanol–water partition coefficient (Wildman–Crippen LogP) is 4.10. The van der Waals surface area contributed by atoms with Crippen LogP contribution in [-0.4, -0.2) is 43.0 Å². The molecule has 0 bridgehead atoms. The van der Waals surface area contributed by atoms with E-state index >= 15 is 0 Å². The zero-order valence-corrected chi connectivity index (χ0v) is 17.0. The van der Waals surface area contributed by atoms with Crippen molar-refractivity contribution in [1.29, 1.82) is 0 Å². The number of hydrogen-bond acceptors (Lipinski definition) is 3. The van der Waals surface area contributed by atoms with Crippen LogP contribution in [0.15, 0.2) is 48.5 Å². The van der Waals surface area contributed by atoms with Crippen LogP contribution in [0.2, 0.25) is 0 Å². The van der Waals surface area contributed by atoms with Gasteiger partial charge in [-0.3, -0.25) is 9.59 Å². The minimum atomic E-state index is -0.276. The van der Waals surface area contributed by atoms with E-state index in [0.717, 1.165) is 43.4 Å². The van der Waals surface area contributed by atoms with Crippen LogP contribution in [0.25, 0.3) is 11.1 Å². The van der Waals surface area contributed by atoms with E-state index in [9.17, 15) is 14.0 Å². The zero-order chi connectivity index (χ0) is 20.9. The van der Waals surface area contributed by atoms with Gasteiger partial charge < -0.3 is 15.0 Å². The molecule has 6 heteroatoms. The van der Waals surface area contributed by atoms with Gasteiger partial charge in [-0.15, -0.1) is 0 Å². The Bertz CT molecular complexity index is 894. The number of halogens is 1. The van der Waals surface area contributed by atoms with Gasteiger partial charge in [0.05, 0.1) is 5.92 Å². The van der Waals surface area contributed by atoms with Crippen molar-refractivity contribution < 1.29 is 18.7 Å². The average Bonchev–Trinajstić information content (AvgIpc) is 2.80. The van der Waals surface area contributed by atoms with Gasteiger partial charge >= 0.3 is 0 Å². The fourth-order valence-electron chi connectivity index (χ4n) is 4.25. The van der Waals surface area contributed by atoms with E-state index in [1.807, 2.05) is 35.2 Å². The summed E-state index contributed by atoms with van der Waals surface area (Å²) < 4.78 is 18.8. The Kier molecular flexibility index (Phi) is 6.43. The minimum Gasteiger partial charge on any atom is -0.381 e. The molecule has 1 N–H and O–H groups in total. The summed E-state index contributed by atoms with van der Waals surface area (Å²) >= 11 is 0. The lowest BCUT2D eigenvalue weighted by molar-refractivity contribution is -0.141. The first kappa shape index (κ1) is 20.5. The van der Waals surface area contributed by atoms with Gasteiger partial charge in [0.25, 0.3) is 0 Å². The lowest BCUT2D eigenvalue weighted by Gasteiger charge is -2.35. The number of amides is 2. The molecule has 2 saturated heterocycles. The molecule has 0 aromatic heterocycles. The Morgan fingerprint density at radius 2 is 1.73 bits per heavy atom. The Hall–Kier alpha value is -2.73. The van der Waals surface area contributed by atoms with E-state index in [0.29, 0.717) is 25.4 Å². The van der Waals surface area contributed by atoms with E-state index in [-0.39, 0.29) is 29.5 Å². The second-order valence-corrected chi connectivity index (χ2v) is 8.09. The molecule has 0 spiro atoms. The van der Waals surface area contributed by atoms with Crippen molar-refractivity contribution in [2.45, 2.75) is 25.7 Å². The molecule has 2 aliphatic heterocycles. The summed E-state index contributed by atoms with van der Waals surface area (Å²) in [5.41, 5.74) is 2.38. The van der Waals surface area contributed by atoms with Gasteiger partial charge in [-0.25, -0.2) is 4.39 Å². The van der Waals surface area contributed by atoms with E-state index in [2.05, 4.69) is 5.32 Å². The molecule has 2 aromatic carbocycles. The zero-order valence-electron chi connectivity index (χ0n) is 17.0. The number of ether oxygens (including phenoxy) is 1. The molecule has 5 nitrogen and oxygen atoms in total. The number of nitrogens with one attached hydrogen (secondary N) is 1. The molecule has 2 aromatic rings. The predicted molar refractivity (Wildman–Crippen MR) is 113 cm³/mol. The smallest absolute Gasteiger partial charge is 0.229 e. The van der Waals surface area contributed by atoms with Crippen molar-refractivity contribution in [3.8, 4) is 11.1 Å². The first-order valence-corrected chi connectivity index (χ1v) is 10.6. The molecule has 1 unspecified atom stereocenters. The Morgan fingerprint density at radius 1 is 0.967 bits per heavy atom. The maximum absolute atomic E-state index is 13.4. The first-order valence-electron chi connectivity index (χ1n) is 10.6. The summed E-state index contributed by atoms with van der Waals surface area (Å²) in [6.07, 6.45) is 3.16. The topological polar surface area (TPSA) is 58.6 Å². The summed E-state index contributed by atoms with van der Waals surface area (Å²) in [6, 6.07) is 13.8. The third-order valence-corrected chi connectivity index (χ3v) is 5.98. The van der Waals surface area contributed by atoms with Crippen LogP contribution in [0, 0.1) is 17.7 Å². The Labute approximate surface area is 176 Å². The molecule has 2 aliphatic rings. The number of carbonyl (C=O) groups is 2. The standard InChI is InChI=1S/C24H27FN2O3/c25-21-5-1-3-19(15-21)17-6-8-22(9-7-17)26-23(28)20-4-2-12-27(16-20)24(29)18-10-13-30-14-11-18/h1,3,5-9,15,18,20H,2,4,10-14,16H2,(H,26,28). The molecule has 1 atom stereocenters. The van der Waals surface area contributed by atoms with E-state index < -0.39 is 0 Å². The van der Waals surface area contributed by atoms with Crippen LogP contribution in [0.1, 0.15) is 25.7 Å². The van der Waals surface area contributed by atoms with Gasteiger partial charge in [0, 0.05) is 37.9 Å². The largest absolute Gasteiger partial charge is 0.381 e. The second-order valence-electron chi connectivity index (χ2n) is 8.09. The van der Waals surface area contributed by atoms with Crippen molar-refractivity contribution in [1.82, 2.24) is 4.90 Å². The minimum absolute atomic E-state index is 0.0240. The summed E-state index contributed by atoms with van der Waals surface area (Å²) in [7, 11) is 0. The molecule has 2 amide bonds. The van der Waals surface area contributed by atoms with Gasteiger partial charge in [0.2, 0.25) is 11.8 Å². The first-order chi connectivity index (χ1) is 14.6. The fraction of sp³-hybridized carbons (Fsp3) is 0.417. The van der Waals surface area contributed by atoms with Crippen molar-refractivity contribution in [2.24, 2.45) is 11.8 Å². The van der Waals surface area contributed by atoms with Gasteiger partial charge in [-0.2, -0.15) is 0 Å². The van der Waals surface area contributed by atoms with Crippen LogP contribution in [0.5, 0.6) is 0 Å². The van der Waals surface area contributed by atoms with Crippen molar-refractivity contribution in [2.75, 3.05) is 31.6 Å². The summed E-state index contributed by atoms with van der Waals surface area (Å²) in [4.78, 5) is 27.4. The summed E-state index contributed by atoms with van der Waals surface area (Å²) in [6.45, 7) is 2.48. The number of piperidine rings is 1. The maximum atomic E-state index is 13.4. The molecule has 158 valence electrons. The molecule has 0 saturated carbocycles. The number of carbonyl (C=O) groups excluding carboxylic acids is 2. The highest BCUT2D eigenvalue weighted by molar-refractivity contribution is 5.93. The average molecular weight is 410 g/mol. The number of nitrogens with zero attached hydrogens (tertiary/aromatic N) is 1.